The first kappa shape index (κ1) is 10.7. The quantitative estimate of drug-likeness (QED) is 0.636. The van der Waals surface area contributed by atoms with Crippen molar-refractivity contribution in [2.75, 3.05) is 0 Å². The molecule has 2 aromatic rings. The van der Waals surface area contributed by atoms with E-state index < -0.39 is 0 Å². The van der Waals surface area contributed by atoms with E-state index >= 15 is 0 Å². The molecule has 6 heteroatoms. The zero-order valence-corrected chi connectivity index (χ0v) is 9.75. The van der Waals surface area contributed by atoms with E-state index in [0.717, 1.165) is 15.7 Å². The SMILES string of the molecule is O=C=NCc1ccc(-n2cncn2)c(Br)c1. The number of isocyanates is 1. The Bertz CT molecular complexity index is 532. The molecule has 0 atom stereocenters. The largest absolute Gasteiger partial charge is 0.235 e. The summed E-state index contributed by atoms with van der Waals surface area (Å²) < 4.78 is 2.52. The Balaban J connectivity index is 2.33. The Kier molecular flexibility index (Phi) is 3.24. The molecule has 0 bridgehead atoms. The van der Waals surface area contributed by atoms with E-state index in [1.807, 2.05) is 18.2 Å². The van der Waals surface area contributed by atoms with Crippen molar-refractivity contribution in [3.05, 3.63) is 40.9 Å². The number of benzene rings is 1. The first-order chi connectivity index (χ1) is 7.81. The molecular weight excluding hydrogens is 272 g/mol. The molecule has 0 aliphatic carbocycles. The third-order valence-corrected chi connectivity index (χ3v) is 2.64. The van der Waals surface area contributed by atoms with Crippen LogP contribution < -0.4 is 0 Å². The van der Waals surface area contributed by atoms with E-state index in [2.05, 4.69) is 31.0 Å². The lowest BCUT2D eigenvalue weighted by Gasteiger charge is -2.04. The standard InChI is InChI=1S/C10H7BrN4O/c11-9-3-8(4-12-7-16)1-2-10(9)15-6-13-5-14-15/h1-3,5-6H,4H2. The summed E-state index contributed by atoms with van der Waals surface area (Å²) >= 11 is 3.43. The summed E-state index contributed by atoms with van der Waals surface area (Å²) in [6.07, 6.45) is 4.59. The van der Waals surface area contributed by atoms with Crippen LogP contribution in [0.15, 0.2) is 40.3 Å². The minimum atomic E-state index is 0.333. The fourth-order valence-electron chi connectivity index (χ4n) is 1.29. The fourth-order valence-corrected chi connectivity index (χ4v) is 1.90. The number of hydrogen-bond donors (Lipinski definition) is 0. The van der Waals surface area contributed by atoms with Gasteiger partial charge in [-0.05, 0) is 33.6 Å². The lowest BCUT2D eigenvalue weighted by Crippen LogP contribution is -1.96. The van der Waals surface area contributed by atoms with Gasteiger partial charge in [0, 0.05) is 4.47 Å². The molecule has 16 heavy (non-hydrogen) atoms. The predicted octanol–water partition coefficient (Wildman–Crippen LogP) is 1.87. The van der Waals surface area contributed by atoms with Gasteiger partial charge in [0.05, 0.1) is 12.2 Å². The highest BCUT2D eigenvalue weighted by Crippen LogP contribution is 2.21. The number of aromatic nitrogens is 3. The van der Waals surface area contributed by atoms with Gasteiger partial charge in [0.2, 0.25) is 6.08 Å². The zero-order valence-electron chi connectivity index (χ0n) is 8.17. The second kappa shape index (κ2) is 4.83. The third kappa shape index (κ3) is 2.24. The van der Waals surface area contributed by atoms with Crippen molar-refractivity contribution in [3.8, 4) is 5.69 Å². The van der Waals surface area contributed by atoms with Crippen molar-refractivity contribution in [1.29, 1.82) is 0 Å². The Labute approximate surface area is 100.0 Å². The number of rotatable bonds is 3. The summed E-state index contributed by atoms with van der Waals surface area (Å²) in [6.45, 7) is 0.333. The topological polar surface area (TPSA) is 60.1 Å². The second-order valence-corrected chi connectivity index (χ2v) is 3.89. The molecule has 0 amide bonds. The van der Waals surface area contributed by atoms with Crippen molar-refractivity contribution in [1.82, 2.24) is 14.8 Å². The van der Waals surface area contributed by atoms with Crippen molar-refractivity contribution < 1.29 is 4.79 Å². The van der Waals surface area contributed by atoms with Crippen LogP contribution in [0.2, 0.25) is 0 Å². The van der Waals surface area contributed by atoms with Crippen LogP contribution in [0.3, 0.4) is 0 Å². The van der Waals surface area contributed by atoms with Gasteiger partial charge in [-0.25, -0.2) is 19.5 Å². The van der Waals surface area contributed by atoms with Crippen LogP contribution in [0, 0.1) is 0 Å². The summed E-state index contributed by atoms with van der Waals surface area (Å²) in [5, 5.41) is 4.03. The van der Waals surface area contributed by atoms with Gasteiger partial charge in [-0.15, -0.1) is 0 Å². The summed E-state index contributed by atoms with van der Waals surface area (Å²) in [5.74, 6) is 0. The normalized spacial score (nSPS) is 9.81. The smallest absolute Gasteiger partial charge is 0.223 e. The zero-order chi connectivity index (χ0) is 11.4. The van der Waals surface area contributed by atoms with E-state index in [4.69, 9.17) is 0 Å². The predicted molar refractivity (Wildman–Crippen MR) is 60.9 cm³/mol. The number of carbonyl (C=O) groups excluding carboxylic acids is 1. The molecule has 0 aliphatic rings. The maximum Gasteiger partial charge on any atom is 0.235 e. The molecule has 0 fully saturated rings. The van der Waals surface area contributed by atoms with Crippen molar-refractivity contribution in [2.24, 2.45) is 4.99 Å². The molecule has 0 spiro atoms. The van der Waals surface area contributed by atoms with Gasteiger partial charge in [0.15, 0.2) is 0 Å². The molecule has 0 N–H and O–H groups in total. The van der Waals surface area contributed by atoms with Crippen LogP contribution in [-0.2, 0) is 11.3 Å². The fraction of sp³-hybridized carbons (Fsp3) is 0.100. The van der Waals surface area contributed by atoms with E-state index in [1.54, 1.807) is 11.0 Å². The molecule has 2 rings (SSSR count). The average Bonchev–Trinajstić information content (AvgIpc) is 2.80. The maximum atomic E-state index is 9.99. The maximum absolute atomic E-state index is 9.99. The van der Waals surface area contributed by atoms with Crippen molar-refractivity contribution in [2.45, 2.75) is 6.54 Å². The molecule has 0 unspecified atom stereocenters. The van der Waals surface area contributed by atoms with Gasteiger partial charge in [0.1, 0.15) is 12.7 Å². The minimum absolute atomic E-state index is 0.333. The highest BCUT2D eigenvalue weighted by molar-refractivity contribution is 9.10. The molecule has 5 nitrogen and oxygen atoms in total. The lowest BCUT2D eigenvalue weighted by molar-refractivity contribution is 0.563. The molecule has 0 saturated heterocycles. The highest BCUT2D eigenvalue weighted by atomic mass is 79.9. The molecule has 0 aliphatic heterocycles. The first-order valence-electron chi connectivity index (χ1n) is 4.48. The molecule has 0 saturated carbocycles. The summed E-state index contributed by atoms with van der Waals surface area (Å²) in [7, 11) is 0. The highest BCUT2D eigenvalue weighted by Gasteiger charge is 2.03. The van der Waals surface area contributed by atoms with Gasteiger partial charge >= 0.3 is 0 Å². The van der Waals surface area contributed by atoms with Crippen LogP contribution in [-0.4, -0.2) is 20.8 Å². The molecule has 0 radical (unpaired) electrons. The van der Waals surface area contributed by atoms with E-state index in [0.29, 0.717) is 6.54 Å². The Morgan fingerprint density at radius 2 is 2.38 bits per heavy atom. The number of aliphatic imine (C=N–C) groups is 1. The monoisotopic (exact) mass is 278 g/mol. The third-order valence-electron chi connectivity index (χ3n) is 2.00. The summed E-state index contributed by atoms with van der Waals surface area (Å²) in [4.78, 5) is 17.4. The van der Waals surface area contributed by atoms with Gasteiger partial charge in [0.25, 0.3) is 0 Å². The number of halogens is 1. The second-order valence-electron chi connectivity index (χ2n) is 3.03. The number of hydrogen-bond acceptors (Lipinski definition) is 4. The van der Waals surface area contributed by atoms with E-state index in [1.165, 1.54) is 12.4 Å². The molecular formula is C10H7BrN4O. The van der Waals surface area contributed by atoms with Gasteiger partial charge in [-0.1, -0.05) is 6.07 Å². The van der Waals surface area contributed by atoms with Crippen LogP contribution in [0.25, 0.3) is 5.69 Å². The van der Waals surface area contributed by atoms with Crippen LogP contribution in [0.5, 0.6) is 0 Å². The molecule has 1 heterocycles. The van der Waals surface area contributed by atoms with Crippen molar-refractivity contribution in [3.63, 3.8) is 0 Å². The summed E-state index contributed by atoms with van der Waals surface area (Å²) in [5.41, 5.74) is 1.82. The molecule has 80 valence electrons. The lowest BCUT2D eigenvalue weighted by atomic mass is 10.2. The van der Waals surface area contributed by atoms with Gasteiger partial charge < -0.3 is 0 Å². The Hall–Kier alpha value is -1.78. The Morgan fingerprint density at radius 1 is 1.50 bits per heavy atom. The average molecular weight is 279 g/mol. The van der Waals surface area contributed by atoms with Crippen molar-refractivity contribution >= 4 is 22.0 Å². The van der Waals surface area contributed by atoms with Gasteiger partial charge in [-0.2, -0.15) is 5.10 Å². The van der Waals surface area contributed by atoms with Crippen LogP contribution in [0.1, 0.15) is 5.56 Å². The molecule has 1 aromatic carbocycles. The first-order valence-corrected chi connectivity index (χ1v) is 5.27. The minimum Gasteiger partial charge on any atom is -0.223 e. The van der Waals surface area contributed by atoms with Crippen LogP contribution in [0.4, 0.5) is 0 Å². The Morgan fingerprint density at radius 3 is 3.00 bits per heavy atom. The van der Waals surface area contributed by atoms with Crippen LogP contribution >= 0.6 is 15.9 Å². The number of nitrogens with zero attached hydrogens (tertiary/aromatic N) is 4. The molecule has 1 aromatic heterocycles. The van der Waals surface area contributed by atoms with E-state index in [-0.39, 0.29) is 0 Å². The van der Waals surface area contributed by atoms with E-state index in [9.17, 15) is 4.79 Å². The van der Waals surface area contributed by atoms with Gasteiger partial charge in [-0.3, -0.25) is 0 Å². The summed E-state index contributed by atoms with van der Waals surface area (Å²) in [6, 6.07) is 5.65.